The standard InChI is InChI=1S/C14H25N3/c1-3-4-10-17-11-9-15-14(17)16-13-7-5-12(2)6-8-13/h9,11-13H,3-8,10H2,1-2H3,(H,15,16). The maximum absolute atomic E-state index is 4.43. The molecule has 17 heavy (non-hydrogen) atoms. The molecule has 1 saturated carbocycles. The summed E-state index contributed by atoms with van der Waals surface area (Å²) in [4.78, 5) is 4.43. The topological polar surface area (TPSA) is 29.9 Å². The lowest BCUT2D eigenvalue weighted by molar-refractivity contribution is 0.359. The summed E-state index contributed by atoms with van der Waals surface area (Å²) in [5.41, 5.74) is 0. The number of hydrogen-bond acceptors (Lipinski definition) is 2. The number of imidazole rings is 1. The predicted octanol–water partition coefficient (Wildman–Crippen LogP) is 3.67. The van der Waals surface area contributed by atoms with Gasteiger partial charge in [-0.2, -0.15) is 0 Å². The molecule has 1 fully saturated rings. The molecule has 3 nitrogen and oxygen atoms in total. The Morgan fingerprint density at radius 1 is 1.35 bits per heavy atom. The van der Waals surface area contributed by atoms with Gasteiger partial charge in [-0.15, -0.1) is 0 Å². The largest absolute Gasteiger partial charge is 0.353 e. The van der Waals surface area contributed by atoms with Crippen LogP contribution in [0.3, 0.4) is 0 Å². The number of aromatic nitrogens is 2. The van der Waals surface area contributed by atoms with Crippen LogP contribution in [0.1, 0.15) is 52.4 Å². The van der Waals surface area contributed by atoms with Gasteiger partial charge in [0.2, 0.25) is 5.95 Å². The molecule has 1 aliphatic rings. The molecule has 3 heteroatoms. The van der Waals surface area contributed by atoms with Gasteiger partial charge in [0.25, 0.3) is 0 Å². The Morgan fingerprint density at radius 2 is 2.12 bits per heavy atom. The van der Waals surface area contributed by atoms with Crippen molar-refractivity contribution < 1.29 is 0 Å². The fraction of sp³-hybridized carbons (Fsp3) is 0.786. The highest BCUT2D eigenvalue weighted by atomic mass is 15.2. The van der Waals surface area contributed by atoms with Gasteiger partial charge >= 0.3 is 0 Å². The van der Waals surface area contributed by atoms with Crippen LogP contribution < -0.4 is 5.32 Å². The van der Waals surface area contributed by atoms with E-state index in [1.807, 2.05) is 6.20 Å². The molecule has 0 aromatic carbocycles. The Hall–Kier alpha value is -0.990. The van der Waals surface area contributed by atoms with Crippen molar-refractivity contribution in [3.05, 3.63) is 12.4 Å². The molecule has 0 bridgehead atoms. The van der Waals surface area contributed by atoms with Gasteiger partial charge in [0, 0.05) is 25.0 Å². The van der Waals surface area contributed by atoms with Crippen molar-refractivity contribution in [3.63, 3.8) is 0 Å². The smallest absolute Gasteiger partial charge is 0.202 e. The lowest BCUT2D eigenvalue weighted by atomic mass is 9.87. The van der Waals surface area contributed by atoms with Gasteiger partial charge in [0.15, 0.2) is 0 Å². The molecule has 1 aromatic heterocycles. The molecule has 0 atom stereocenters. The quantitative estimate of drug-likeness (QED) is 0.844. The molecule has 1 aromatic rings. The maximum atomic E-state index is 4.43. The third-order valence-electron chi connectivity index (χ3n) is 3.82. The summed E-state index contributed by atoms with van der Waals surface area (Å²) in [6.07, 6.45) is 11.8. The SMILES string of the molecule is CCCCn1ccnc1NC1CCC(C)CC1. The number of hydrogen-bond donors (Lipinski definition) is 1. The Labute approximate surface area is 105 Å². The zero-order valence-electron chi connectivity index (χ0n) is 11.2. The summed E-state index contributed by atoms with van der Waals surface area (Å²) in [5.74, 6) is 1.98. The zero-order chi connectivity index (χ0) is 12.1. The van der Waals surface area contributed by atoms with Crippen LogP contribution in [-0.2, 0) is 6.54 Å². The first-order chi connectivity index (χ1) is 8.29. The fourth-order valence-corrected chi connectivity index (χ4v) is 2.55. The van der Waals surface area contributed by atoms with Crippen molar-refractivity contribution in [1.82, 2.24) is 9.55 Å². The zero-order valence-corrected chi connectivity index (χ0v) is 11.2. The number of anilines is 1. The van der Waals surface area contributed by atoms with E-state index in [2.05, 4.69) is 34.9 Å². The van der Waals surface area contributed by atoms with Crippen molar-refractivity contribution in [2.75, 3.05) is 5.32 Å². The van der Waals surface area contributed by atoms with E-state index in [-0.39, 0.29) is 0 Å². The van der Waals surface area contributed by atoms with Gasteiger partial charge in [-0.3, -0.25) is 0 Å². The van der Waals surface area contributed by atoms with Crippen LogP contribution in [0, 0.1) is 5.92 Å². The Bertz CT molecular complexity index is 324. The fourth-order valence-electron chi connectivity index (χ4n) is 2.55. The van der Waals surface area contributed by atoms with E-state index in [0.717, 1.165) is 18.4 Å². The molecule has 1 heterocycles. The van der Waals surface area contributed by atoms with Gasteiger partial charge in [0.05, 0.1) is 0 Å². The van der Waals surface area contributed by atoms with Crippen LogP contribution in [-0.4, -0.2) is 15.6 Å². The summed E-state index contributed by atoms with van der Waals surface area (Å²) in [5, 5.41) is 3.61. The maximum Gasteiger partial charge on any atom is 0.202 e. The highest BCUT2D eigenvalue weighted by molar-refractivity contribution is 5.27. The Balaban J connectivity index is 1.87. The van der Waals surface area contributed by atoms with E-state index in [1.165, 1.54) is 38.5 Å². The van der Waals surface area contributed by atoms with Crippen molar-refractivity contribution in [1.29, 1.82) is 0 Å². The monoisotopic (exact) mass is 235 g/mol. The minimum atomic E-state index is 0.633. The molecule has 0 aliphatic heterocycles. The minimum Gasteiger partial charge on any atom is -0.353 e. The first-order valence-electron chi connectivity index (χ1n) is 7.07. The van der Waals surface area contributed by atoms with Gasteiger partial charge in [-0.05, 0) is 38.0 Å². The van der Waals surface area contributed by atoms with Crippen LogP contribution >= 0.6 is 0 Å². The molecule has 2 rings (SSSR count). The van der Waals surface area contributed by atoms with Crippen molar-refractivity contribution in [2.45, 2.75) is 65.0 Å². The molecule has 1 aliphatic carbocycles. The number of unbranched alkanes of at least 4 members (excludes halogenated alkanes) is 1. The molecule has 0 spiro atoms. The second-order valence-corrected chi connectivity index (χ2v) is 5.40. The normalized spacial score (nSPS) is 24.8. The van der Waals surface area contributed by atoms with Crippen molar-refractivity contribution in [2.24, 2.45) is 5.92 Å². The number of rotatable bonds is 5. The second-order valence-electron chi connectivity index (χ2n) is 5.40. The van der Waals surface area contributed by atoms with Gasteiger partial charge in [-0.25, -0.2) is 4.98 Å². The van der Waals surface area contributed by atoms with Gasteiger partial charge in [-0.1, -0.05) is 20.3 Å². The molecule has 0 unspecified atom stereocenters. The van der Waals surface area contributed by atoms with Crippen molar-refractivity contribution in [3.8, 4) is 0 Å². The number of aryl methyl sites for hydroxylation is 1. The average molecular weight is 235 g/mol. The third kappa shape index (κ3) is 3.48. The van der Waals surface area contributed by atoms with Crippen molar-refractivity contribution >= 4 is 5.95 Å². The number of nitrogens with one attached hydrogen (secondary N) is 1. The second kappa shape index (κ2) is 6.08. The number of nitrogens with zero attached hydrogens (tertiary/aromatic N) is 2. The summed E-state index contributed by atoms with van der Waals surface area (Å²) < 4.78 is 2.25. The predicted molar refractivity (Wildman–Crippen MR) is 72.2 cm³/mol. The summed E-state index contributed by atoms with van der Waals surface area (Å²) in [6, 6.07) is 0.633. The van der Waals surface area contributed by atoms with Crippen LogP contribution in [0.4, 0.5) is 5.95 Å². The van der Waals surface area contributed by atoms with E-state index in [1.54, 1.807) is 0 Å². The molecule has 0 amide bonds. The first kappa shape index (κ1) is 12.5. The Morgan fingerprint density at radius 3 is 2.82 bits per heavy atom. The average Bonchev–Trinajstić information content (AvgIpc) is 2.77. The Kier molecular flexibility index (Phi) is 4.46. The lowest BCUT2D eigenvalue weighted by Crippen LogP contribution is -2.26. The van der Waals surface area contributed by atoms with Crippen LogP contribution in [0.5, 0.6) is 0 Å². The van der Waals surface area contributed by atoms with Crippen LogP contribution in [0.2, 0.25) is 0 Å². The summed E-state index contributed by atoms with van der Waals surface area (Å²) in [6.45, 7) is 5.67. The molecule has 96 valence electrons. The van der Waals surface area contributed by atoms with Gasteiger partial charge < -0.3 is 9.88 Å². The van der Waals surface area contributed by atoms with E-state index >= 15 is 0 Å². The van der Waals surface area contributed by atoms with E-state index in [9.17, 15) is 0 Å². The summed E-state index contributed by atoms with van der Waals surface area (Å²) >= 11 is 0. The summed E-state index contributed by atoms with van der Waals surface area (Å²) in [7, 11) is 0. The third-order valence-corrected chi connectivity index (χ3v) is 3.82. The molecule has 0 radical (unpaired) electrons. The van der Waals surface area contributed by atoms with Crippen LogP contribution in [0.25, 0.3) is 0 Å². The minimum absolute atomic E-state index is 0.633. The van der Waals surface area contributed by atoms with E-state index in [0.29, 0.717) is 6.04 Å². The van der Waals surface area contributed by atoms with E-state index in [4.69, 9.17) is 0 Å². The molecular formula is C14H25N3. The molecular weight excluding hydrogens is 210 g/mol. The molecule has 0 saturated heterocycles. The highest BCUT2D eigenvalue weighted by Gasteiger charge is 2.19. The first-order valence-corrected chi connectivity index (χ1v) is 7.07. The van der Waals surface area contributed by atoms with E-state index < -0.39 is 0 Å². The highest BCUT2D eigenvalue weighted by Crippen LogP contribution is 2.25. The molecule has 1 N–H and O–H groups in total. The van der Waals surface area contributed by atoms with Gasteiger partial charge in [0.1, 0.15) is 0 Å². The van der Waals surface area contributed by atoms with Crippen LogP contribution in [0.15, 0.2) is 12.4 Å². The lowest BCUT2D eigenvalue weighted by Gasteiger charge is -2.27.